The average Bonchev–Trinajstić information content (AvgIpc) is 2.98. The highest BCUT2D eigenvalue weighted by molar-refractivity contribution is 7.15. The predicted octanol–water partition coefficient (Wildman–Crippen LogP) is 3.14. The molecular weight excluding hydrogens is 270 g/mol. The minimum absolute atomic E-state index is 0.179. The zero-order valence-corrected chi connectivity index (χ0v) is 11.7. The molecule has 2 heterocycles. The van der Waals surface area contributed by atoms with E-state index in [1.807, 2.05) is 19.2 Å². The Bertz CT molecular complexity index is 534. The maximum Gasteiger partial charge on any atom is 0.324 e. The number of nitro groups is 1. The van der Waals surface area contributed by atoms with Crippen molar-refractivity contribution in [3.05, 3.63) is 43.7 Å². The molecule has 18 heavy (non-hydrogen) atoms. The number of aromatic nitrogens is 1. The monoisotopic (exact) mass is 283 g/mol. The van der Waals surface area contributed by atoms with E-state index in [4.69, 9.17) is 0 Å². The first-order chi connectivity index (χ1) is 8.49. The minimum atomic E-state index is -0.361. The van der Waals surface area contributed by atoms with Crippen LogP contribution < -0.4 is 5.32 Å². The van der Waals surface area contributed by atoms with E-state index >= 15 is 0 Å². The molecule has 2 aromatic heterocycles. The molecule has 0 unspecified atom stereocenters. The summed E-state index contributed by atoms with van der Waals surface area (Å²) in [4.78, 5) is 15.5. The molecule has 5 nitrogen and oxygen atoms in total. The molecule has 96 valence electrons. The minimum Gasteiger partial charge on any atom is -0.301 e. The van der Waals surface area contributed by atoms with Gasteiger partial charge in [0, 0.05) is 29.1 Å². The molecule has 2 rings (SSSR count). The van der Waals surface area contributed by atoms with E-state index < -0.39 is 0 Å². The van der Waals surface area contributed by atoms with Crippen LogP contribution in [-0.4, -0.2) is 9.91 Å². The third kappa shape index (κ3) is 2.92. The molecule has 0 fully saturated rings. The first-order valence-electron chi connectivity index (χ1n) is 5.37. The lowest BCUT2D eigenvalue weighted by molar-refractivity contribution is -0.380. The first kappa shape index (κ1) is 13.1. The van der Waals surface area contributed by atoms with Crippen LogP contribution in [0.15, 0.2) is 23.7 Å². The van der Waals surface area contributed by atoms with Gasteiger partial charge in [0.25, 0.3) is 0 Å². The second kappa shape index (κ2) is 5.13. The molecule has 0 spiro atoms. The molecule has 0 radical (unpaired) electrons. The van der Waals surface area contributed by atoms with Gasteiger partial charge in [-0.3, -0.25) is 10.1 Å². The molecule has 0 aliphatic carbocycles. The van der Waals surface area contributed by atoms with Crippen LogP contribution in [0, 0.1) is 10.1 Å². The van der Waals surface area contributed by atoms with Crippen molar-refractivity contribution in [2.45, 2.75) is 25.9 Å². The maximum absolute atomic E-state index is 10.6. The SMILES string of the molecule is CC(C)(NCc1ccc([N+](=O)[O-])s1)c1nccs1. The molecule has 0 amide bonds. The number of thiazole rings is 1. The van der Waals surface area contributed by atoms with E-state index in [1.165, 1.54) is 17.4 Å². The van der Waals surface area contributed by atoms with Gasteiger partial charge in [-0.2, -0.15) is 0 Å². The number of nitrogens with zero attached hydrogens (tertiary/aromatic N) is 2. The zero-order chi connectivity index (χ0) is 13.2. The average molecular weight is 283 g/mol. The summed E-state index contributed by atoms with van der Waals surface area (Å²) in [5.74, 6) is 0. The van der Waals surface area contributed by atoms with Gasteiger partial charge < -0.3 is 5.32 Å². The van der Waals surface area contributed by atoms with Crippen molar-refractivity contribution in [3.8, 4) is 0 Å². The molecule has 7 heteroatoms. The molecule has 0 atom stereocenters. The van der Waals surface area contributed by atoms with Gasteiger partial charge in [0.15, 0.2) is 0 Å². The summed E-state index contributed by atoms with van der Waals surface area (Å²) in [7, 11) is 0. The van der Waals surface area contributed by atoms with E-state index in [2.05, 4.69) is 10.3 Å². The Labute approximate surface area is 113 Å². The van der Waals surface area contributed by atoms with E-state index in [1.54, 1.807) is 23.6 Å². The Morgan fingerprint density at radius 1 is 1.50 bits per heavy atom. The van der Waals surface area contributed by atoms with Crippen LogP contribution >= 0.6 is 22.7 Å². The lowest BCUT2D eigenvalue weighted by Gasteiger charge is -2.23. The summed E-state index contributed by atoms with van der Waals surface area (Å²) >= 11 is 2.80. The second-order valence-corrected chi connectivity index (χ2v) is 6.35. The van der Waals surface area contributed by atoms with Crippen molar-refractivity contribution in [2.24, 2.45) is 0 Å². The van der Waals surface area contributed by atoms with Crippen molar-refractivity contribution in [3.63, 3.8) is 0 Å². The van der Waals surface area contributed by atoms with Gasteiger partial charge in [-0.15, -0.1) is 11.3 Å². The lowest BCUT2D eigenvalue weighted by Crippen LogP contribution is -2.35. The summed E-state index contributed by atoms with van der Waals surface area (Å²) in [6.07, 6.45) is 1.78. The van der Waals surface area contributed by atoms with Gasteiger partial charge >= 0.3 is 5.00 Å². The molecule has 1 N–H and O–H groups in total. The molecule has 0 aliphatic heterocycles. The summed E-state index contributed by atoms with van der Waals surface area (Å²) in [5.41, 5.74) is -0.229. The van der Waals surface area contributed by atoms with Gasteiger partial charge in [-0.05, 0) is 19.9 Å². The Balaban J connectivity index is 2.00. The van der Waals surface area contributed by atoms with E-state index in [9.17, 15) is 10.1 Å². The van der Waals surface area contributed by atoms with Crippen molar-refractivity contribution >= 4 is 27.7 Å². The third-order valence-electron chi connectivity index (χ3n) is 2.50. The van der Waals surface area contributed by atoms with Crippen LogP contribution in [0.5, 0.6) is 0 Å². The van der Waals surface area contributed by atoms with Gasteiger partial charge in [0.2, 0.25) is 0 Å². The summed E-state index contributed by atoms with van der Waals surface area (Å²) in [6, 6.07) is 3.33. The molecule has 2 aromatic rings. The fraction of sp³-hybridized carbons (Fsp3) is 0.364. The predicted molar refractivity (Wildman–Crippen MR) is 73.0 cm³/mol. The maximum atomic E-state index is 10.6. The van der Waals surface area contributed by atoms with Crippen molar-refractivity contribution in [2.75, 3.05) is 0 Å². The van der Waals surface area contributed by atoms with E-state index in [-0.39, 0.29) is 15.5 Å². The Kier molecular flexibility index (Phi) is 3.74. The van der Waals surface area contributed by atoms with Gasteiger partial charge in [-0.1, -0.05) is 11.3 Å². The Morgan fingerprint density at radius 3 is 2.83 bits per heavy atom. The molecule has 0 bridgehead atoms. The highest BCUT2D eigenvalue weighted by Crippen LogP contribution is 2.26. The summed E-state index contributed by atoms with van der Waals surface area (Å²) < 4.78 is 0. The molecule has 0 aliphatic rings. The zero-order valence-electron chi connectivity index (χ0n) is 10.0. The fourth-order valence-corrected chi connectivity index (χ4v) is 2.97. The van der Waals surface area contributed by atoms with Crippen LogP contribution in [0.4, 0.5) is 5.00 Å². The topological polar surface area (TPSA) is 68.1 Å². The van der Waals surface area contributed by atoms with Crippen LogP contribution in [-0.2, 0) is 12.1 Å². The second-order valence-electron chi connectivity index (χ2n) is 4.31. The van der Waals surface area contributed by atoms with Gasteiger partial charge in [0.05, 0.1) is 10.5 Å². The van der Waals surface area contributed by atoms with Gasteiger partial charge in [0.1, 0.15) is 5.01 Å². The standard InChI is InChI=1S/C11H13N3O2S2/c1-11(2,10-12-5-6-17-10)13-7-8-3-4-9(18-8)14(15)16/h3-6,13H,7H2,1-2H3. The number of hydrogen-bond acceptors (Lipinski definition) is 6. The van der Waals surface area contributed by atoms with E-state index in [0.717, 1.165) is 9.88 Å². The lowest BCUT2D eigenvalue weighted by atomic mass is 10.1. The Hall–Kier alpha value is -1.31. The first-order valence-corrected chi connectivity index (χ1v) is 7.07. The normalized spacial score (nSPS) is 11.7. The number of nitrogens with one attached hydrogen (secondary N) is 1. The largest absolute Gasteiger partial charge is 0.324 e. The number of rotatable bonds is 5. The quantitative estimate of drug-likeness (QED) is 0.676. The van der Waals surface area contributed by atoms with Crippen molar-refractivity contribution in [1.82, 2.24) is 10.3 Å². The van der Waals surface area contributed by atoms with Gasteiger partial charge in [-0.25, -0.2) is 4.98 Å². The highest BCUT2D eigenvalue weighted by Gasteiger charge is 2.23. The smallest absolute Gasteiger partial charge is 0.301 e. The molecule has 0 aromatic carbocycles. The number of hydrogen-bond donors (Lipinski definition) is 1. The van der Waals surface area contributed by atoms with Crippen LogP contribution in [0.3, 0.4) is 0 Å². The third-order valence-corrected chi connectivity index (χ3v) is 4.63. The van der Waals surface area contributed by atoms with E-state index in [0.29, 0.717) is 6.54 Å². The highest BCUT2D eigenvalue weighted by atomic mass is 32.1. The fourth-order valence-electron chi connectivity index (χ4n) is 1.48. The summed E-state index contributed by atoms with van der Waals surface area (Å²) in [5, 5.41) is 17.1. The van der Waals surface area contributed by atoms with Crippen LogP contribution in [0.25, 0.3) is 0 Å². The van der Waals surface area contributed by atoms with Crippen molar-refractivity contribution in [1.29, 1.82) is 0 Å². The molecular formula is C11H13N3O2S2. The van der Waals surface area contributed by atoms with Crippen molar-refractivity contribution < 1.29 is 4.92 Å². The summed E-state index contributed by atoms with van der Waals surface area (Å²) in [6.45, 7) is 4.70. The van der Waals surface area contributed by atoms with Crippen LogP contribution in [0.1, 0.15) is 23.7 Å². The molecule has 0 saturated heterocycles. The Morgan fingerprint density at radius 2 is 2.28 bits per heavy atom. The molecule has 0 saturated carbocycles. The van der Waals surface area contributed by atoms with Crippen LogP contribution in [0.2, 0.25) is 0 Å². The number of thiophene rings is 1.